The van der Waals surface area contributed by atoms with Crippen LogP contribution in [0.2, 0.25) is 0 Å². The average molecular weight is 310 g/mol. The van der Waals surface area contributed by atoms with Gasteiger partial charge in [0, 0.05) is 42.0 Å². The highest BCUT2D eigenvalue weighted by molar-refractivity contribution is 7.17. The van der Waals surface area contributed by atoms with Crippen molar-refractivity contribution in [1.82, 2.24) is 19.7 Å². The molecule has 0 amide bonds. The van der Waals surface area contributed by atoms with Gasteiger partial charge in [-0.2, -0.15) is 9.49 Å². The van der Waals surface area contributed by atoms with Crippen LogP contribution in [0.25, 0.3) is 32.6 Å². The second-order valence-electron chi connectivity index (χ2n) is 4.96. The SMILES string of the molecule is Cn1cc(-c2ccc3scc(-c4ccnc(F)c4)c3n2)cn1. The molecule has 0 saturated carbocycles. The van der Waals surface area contributed by atoms with E-state index in [1.54, 1.807) is 28.3 Å². The molecule has 108 valence electrons. The molecule has 0 bridgehead atoms. The van der Waals surface area contributed by atoms with Gasteiger partial charge in [0.1, 0.15) is 0 Å². The van der Waals surface area contributed by atoms with E-state index in [0.717, 1.165) is 32.6 Å². The van der Waals surface area contributed by atoms with E-state index in [1.807, 2.05) is 30.8 Å². The van der Waals surface area contributed by atoms with Gasteiger partial charge < -0.3 is 0 Å². The lowest BCUT2D eigenvalue weighted by atomic mass is 10.1. The molecule has 0 aromatic carbocycles. The molecule has 0 fully saturated rings. The summed E-state index contributed by atoms with van der Waals surface area (Å²) in [6.45, 7) is 0. The van der Waals surface area contributed by atoms with Gasteiger partial charge in [-0.15, -0.1) is 11.3 Å². The predicted molar refractivity (Wildman–Crippen MR) is 85.0 cm³/mol. The lowest BCUT2D eigenvalue weighted by molar-refractivity contribution is 0.584. The molecule has 0 radical (unpaired) electrons. The van der Waals surface area contributed by atoms with Crippen molar-refractivity contribution in [3.8, 4) is 22.4 Å². The zero-order valence-corrected chi connectivity index (χ0v) is 12.5. The van der Waals surface area contributed by atoms with E-state index in [4.69, 9.17) is 4.98 Å². The van der Waals surface area contributed by atoms with E-state index >= 15 is 0 Å². The van der Waals surface area contributed by atoms with Gasteiger partial charge in [0.25, 0.3) is 0 Å². The van der Waals surface area contributed by atoms with Crippen molar-refractivity contribution >= 4 is 21.6 Å². The van der Waals surface area contributed by atoms with Gasteiger partial charge in [-0.3, -0.25) is 4.68 Å². The zero-order chi connectivity index (χ0) is 15.1. The fourth-order valence-electron chi connectivity index (χ4n) is 2.40. The monoisotopic (exact) mass is 310 g/mol. The van der Waals surface area contributed by atoms with Gasteiger partial charge in [0.15, 0.2) is 0 Å². The van der Waals surface area contributed by atoms with Gasteiger partial charge in [-0.1, -0.05) is 0 Å². The van der Waals surface area contributed by atoms with Crippen molar-refractivity contribution in [3.05, 3.63) is 54.2 Å². The van der Waals surface area contributed by atoms with Crippen LogP contribution >= 0.6 is 11.3 Å². The summed E-state index contributed by atoms with van der Waals surface area (Å²) in [4.78, 5) is 8.34. The molecule has 0 atom stereocenters. The van der Waals surface area contributed by atoms with Crippen molar-refractivity contribution in [2.45, 2.75) is 0 Å². The van der Waals surface area contributed by atoms with Crippen molar-refractivity contribution in [3.63, 3.8) is 0 Å². The molecule has 0 unspecified atom stereocenters. The Morgan fingerprint density at radius 2 is 2.09 bits per heavy atom. The van der Waals surface area contributed by atoms with Crippen molar-refractivity contribution < 1.29 is 4.39 Å². The van der Waals surface area contributed by atoms with Gasteiger partial charge >= 0.3 is 0 Å². The largest absolute Gasteiger partial charge is 0.275 e. The van der Waals surface area contributed by atoms with Crippen LogP contribution in [0.4, 0.5) is 4.39 Å². The summed E-state index contributed by atoms with van der Waals surface area (Å²) in [5, 5.41) is 6.17. The van der Waals surface area contributed by atoms with Crippen LogP contribution in [0.5, 0.6) is 0 Å². The number of aromatic nitrogens is 4. The summed E-state index contributed by atoms with van der Waals surface area (Å²) in [7, 11) is 1.87. The molecular formula is C16H11FN4S. The third kappa shape index (κ3) is 2.17. The van der Waals surface area contributed by atoms with E-state index < -0.39 is 5.95 Å². The minimum absolute atomic E-state index is 0.486. The quantitative estimate of drug-likeness (QED) is 0.527. The first-order valence-corrected chi connectivity index (χ1v) is 7.58. The summed E-state index contributed by atoms with van der Waals surface area (Å²) >= 11 is 1.60. The maximum absolute atomic E-state index is 13.4. The minimum Gasteiger partial charge on any atom is -0.275 e. The van der Waals surface area contributed by atoms with Crippen molar-refractivity contribution in [1.29, 1.82) is 0 Å². The Morgan fingerprint density at radius 1 is 1.18 bits per heavy atom. The Balaban J connectivity index is 1.90. The van der Waals surface area contributed by atoms with Crippen LogP contribution in [0.1, 0.15) is 0 Å². The third-order valence-electron chi connectivity index (χ3n) is 3.46. The highest BCUT2D eigenvalue weighted by Crippen LogP contribution is 2.34. The number of rotatable bonds is 2. The molecule has 4 aromatic heterocycles. The molecule has 0 N–H and O–H groups in total. The third-order valence-corrected chi connectivity index (χ3v) is 4.39. The van der Waals surface area contributed by atoms with Crippen LogP contribution in [0.15, 0.2) is 48.2 Å². The number of nitrogens with zero attached hydrogens (tertiary/aromatic N) is 4. The van der Waals surface area contributed by atoms with Gasteiger partial charge in [0.2, 0.25) is 5.95 Å². The Hall–Kier alpha value is -2.60. The van der Waals surface area contributed by atoms with Crippen LogP contribution in [0, 0.1) is 5.95 Å². The van der Waals surface area contributed by atoms with Gasteiger partial charge in [-0.25, -0.2) is 9.97 Å². The Labute approximate surface area is 129 Å². The van der Waals surface area contributed by atoms with Gasteiger partial charge in [-0.05, 0) is 23.8 Å². The Morgan fingerprint density at radius 3 is 2.86 bits per heavy atom. The number of hydrogen-bond donors (Lipinski definition) is 0. The first kappa shape index (κ1) is 13.1. The second kappa shape index (κ2) is 4.99. The van der Waals surface area contributed by atoms with Gasteiger partial charge in [0.05, 0.1) is 22.1 Å². The van der Waals surface area contributed by atoms with E-state index in [1.165, 1.54) is 12.3 Å². The summed E-state index contributed by atoms with van der Waals surface area (Å²) in [6, 6.07) is 7.24. The molecule has 0 aliphatic rings. The zero-order valence-electron chi connectivity index (χ0n) is 11.7. The standard InChI is InChI=1S/C16H11FN4S/c1-21-8-11(7-19-21)13-2-3-14-16(20-13)12(9-22-14)10-4-5-18-15(17)6-10/h2-9H,1H3. The number of halogens is 1. The summed E-state index contributed by atoms with van der Waals surface area (Å²) in [6.07, 6.45) is 5.18. The maximum Gasteiger partial charge on any atom is 0.213 e. The normalized spacial score (nSPS) is 11.2. The topological polar surface area (TPSA) is 43.6 Å². The summed E-state index contributed by atoms with van der Waals surface area (Å²) in [5.41, 5.74) is 4.40. The molecule has 0 aliphatic carbocycles. The number of fused-ring (bicyclic) bond motifs is 1. The fraction of sp³-hybridized carbons (Fsp3) is 0.0625. The van der Waals surface area contributed by atoms with Crippen LogP contribution in [0.3, 0.4) is 0 Å². The molecule has 22 heavy (non-hydrogen) atoms. The fourth-order valence-corrected chi connectivity index (χ4v) is 3.31. The second-order valence-corrected chi connectivity index (χ2v) is 5.87. The summed E-state index contributed by atoms with van der Waals surface area (Å²) in [5.74, 6) is -0.486. The average Bonchev–Trinajstić information content (AvgIpc) is 3.12. The van der Waals surface area contributed by atoms with E-state index in [9.17, 15) is 4.39 Å². The number of hydrogen-bond acceptors (Lipinski definition) is 4. The first-order valence-electron chi connectivity index (χ1n) is 6.70. The molecule has 4 heterocycles. The van der Waals surface area contributed by atoms with Crippen molar-refractivity contribution in [2.75, 3.05) is 0 Å². The Bertz CT molecular complexity index is 973. The first-order chi connectivity index (χ1) is 10.7. The lowest BCUT2D eigenvalue weighted by Gasteiger charge is -2.01. The predicted octanol–water partition coefficient (Wildman–Crippen LogP) is 3.90. The number of aryl methyl sites for hydroxylation is 1. The van der Waals surface area contributed by atoms with E-state index in [-0.39, 0.29) is 0 Å². The molecule has 0 aliphatic heterocycles. The smallest absolute Gasteiger partial charge is 0.213 e. The lowest BCUT2D eigenvalue weighted by Crippen LogP contribution is -1.86. The molecular weight excluding hydrogens is 299 g/mol. The summed E-state index contributed by atoms with van der Waals surface area (Å²) < 4.78 is 16.2. The van der Waals surface area contributed by atoms with Crippen LogP contribution < -0.4 is 0 Å². The molecule has 4 aromatic rings. The molecule has 6 heteroatoms. The maximum atomic E-state index is 13.4. The Kier molecular flexibility index (Phi) is 2.97. The van der Waals surface area contributed by atoms with E-state index in [2.05, 4.69) is 10.1 Å². The molecule has 0 saturated heterocycles. The molecule has 4 nitrogen and oxygen atoms in total. The van der Waals surface area contributed by atoms with Crippen LogP contribution in [-0.4, -0.2) is 19.7 Å². The number of pyridine rings is 2. The number of thiophene rings is 1. The minimum atomic E-state index is -0.486. The van der Waals surface area contributed by atoms with E-state index in [0.29, 0.717) is 0 Å². The molecule has 0 spiro atoms. The van der Waals surface area contributed by atoms with Crippen LogP contribution in [-0.2, 0) is 7.05 Å². The highest BCUT2D eigenvalue weighted by Gasteiger charge is 2.11. The van der Waals surface area contributed by atoms with Crippen molar-refractivity contribution in [2.24, 2.45) is 7.05 Å². The highest BCUT2D eigenvalue weighted by atomic mass is 32.1. The molecule has 4 rings (SSSR count).